The Morgan fingerprint density at radius 1 is 1.64 bits per heavy atom. The van der Waals surface area contributed by atoms with E-state index in [4.69, 9.17) is 10.2 Å². The number of hydrogen-bond donors (Lipinski definition) is 2. The van der Waals surface area contributed by atoms with Gasteiger partial charge in [-0.1, -0.05) is 0 Å². The summed E-state index contributed by atoms with van der Waals surface area (Å²) in [6.45, 7) is 0.00736. The molecule has 0 unspecified atom stereocenters. The van der Waals surface area contributed by atoms with Crippen LogP contribution in [-0.4, -0.2) is 46.6 Å². The molecule has 2 atom stereocenters. The first kappa shape index (κ1) is 8.26. The van der Waals surface area contributed by atoms with Gasteiger partial charge in [0, 0.05) is 6.54 Å². The smallest absolute Gasteiger partial charge is 0.407 e. The van der Waals surface area contributed by atoms with Gasteiger partial charge in [0.25, 0.3) is 0 Å². The van der Waals surface area contributed by atoms with Crippen LogP contribution in [-0.2, 0) is 0 Å². The molecule has 2 N–H and O–H groups in total. The summed E-state index contributed by atoms with van der Waals surface area (Å²) < 4.78 is 12.6. The molecule has 1 saturated heterocycles. The molecule has 4 nitrogen and oxygen atoms in total. The van der Waals surface area contributed by atoms with E-state index in [0.29, 0.717) is 0 Å². The summed E-state index contributed by atoms with van der Waals surface area (Å²) in [5, 5.41) is 17.3. The highest BCUT2D eigenvalue weighted by atomic mass is 19.1. The molecule has 0 radical (unpaired) electrons. The van der Waals surface area contributed by atoms with E-state index >= 15 is 0 Å². The fraction of sp³-hybridized carbons (Fsp3) is 0.833. The van der Waals surface area contributed by atoms with Gasteiger partial charge in [0.1, 0.15) is 6.17 Å². The number of piperidine rings is 1. The van der Waals surface area contributed by atoms with Crippen molar-refractivity contribution < 1.29 is 19.4 Å². The van der Waals surface area contributed by atoms with Gasteiger partial charge in [-0.25, -0.2) is 9.18 Å². The van der Waals surface area contributed by atoms with E-state index in [-0.39, 0.29) is 19.5 Å². The minimum absolute atomic E-state index is 0.188. The number of carbonyl (C=O) groups is 1. The summed E-state index contributed by atoms with van der Waals surface area (Å²) in [6, 6.07) is 0. The number of rotatable bonds is 0. The van der Waals surface area contributed by atoms with Crippen LogP contribution >= 0.6 is 0 Å². The van der Waals surface area contributed by atoms with Gasteiger partial charge in [-0.05, 0) is 6.42 Å². The third-order valence-electron chi connectivity index (χ3n) is 1.78. The quantitative estimate of drug-likeness (QED) is 0.531. The molecule has 1 aliphatic rings. The highest BCUT2D eigenvalue weighted by molar-refractivity contribution is 5.65. The van der Waals surface area contributed by atoms with Crippen LogP contribution in [0.1, 0.15) is 6.42 Å². The molecule has 11 heavy (non-hydrogen) atoms. The lowest BCUT2D eigenvalue weighted by Crippen LogP contribution is -2.46. The number of nitrogens with zero attached hydrogens (tertiary/aromatic N) is 1. The summed E-state index contributed by atoms with van der Waals surface area (Å²) in [4.78, 5) is 11.3. The van der Waals surface area contributed by atoms with Crippen LogP contribution in [0.5, 0.6) is 0 Å². The Kier molecular flexibility index (Phi) is 2.28. The Bertz CT molecular complexity index is 164. The molecule has 1 heterocycles. The maximum Gasteiger partial charge on any atom is 0.407 e. The topological polar surface area (TPSA) is 60.8 Å². The van der Waals surface area contributed by atoms with E-state index < -0.39 is 18.4 Å². The zero-order chi connectivity index (χ0) is 8.43. The minimum atomic E-state index is -1.43. The van der Waals surface area contributed by atoms with Crippen molar-refractivity contribution >= 4 is 6.09 Å². The van der Waals surface area contributed by atoms with Crippen LogP contribution in [0.3, 0.4) is 0 Å². The number of likely N-dealkylation sites (tertiary alicyclic amines) is 1. The third kappa shape index (κ3) is 1.80. The summed E-state index contributed by atoms with van der Waals surface area (Å²) in [6.07, 6.45) is -3.36. The SMILES string of the molecule is O=C(O)N1CC[C@@H](O)[C@H](F)C1. The van der Waals surface area contributed by atoms with Gasteiger partial charge in [0.15, 0.2) is 0 Å². The van der Waals surface area contributed by atoms with Crippen LogP contribution in [0.2, 0.25) is 0 Å². The molecule has 0 aromatic carbocycles. The average Bonchev–Trinajstić information content (AvgIpc) is 1.94. The van der Waals surface area contributed by atoms with E-state index in [2.05, 4.69) is 0 Å². The van der Waals surface area contributed by atoms with E-state index in [1.165, 1.54) is 0 Å². The van der Waals surface area contributed by atoms with Crippen molar-refractivity contribution in [2.24, 2.45) is 0 Å². The fourth-order valence-corrected chi connectivity index (χ4v) is 1.07. The second-order valence-corrected chi connectivity index (χ2v) is 2.60. The highest BCUT2D eigenvalue weighted by Gasteiger charge is 2.29. The van der Waals surface area contributed by atoms with Crippen molar-refractivity contribution in [3.8, 4) is 0 Å². The third-order valence-corrected chi connectivity index (χ3v) is 1.78. The van der Waals surface area contributed by atoms with Crippen molar-refractivity contribution in [1.82, 2.24) is 4.90 Å². The predicted molar refractivity (Wildman–Crippen MR) is 35.1 cm³/mol. The fourth-order valence-electron chi connectivity index (χ4n) is 1.07. The molecule has 0 saturated carbocycles. The molecule has 1 rings (SSSR count). The first-order chi connectivity index (χ1) is 5.11. The molecular weight excluding hydrogens is 153 g/mol. The highest BCUT2D eigenvalue weighted by Crippen LogP contribution is 2.13. The van der Waals surface area contributed by atoms with Crippen molar-refractivity contribution in [2.45, 2.75) is 18.7 Å². The van der Waals surface area contributed by atoms with Gasteiger partial charge >= 0.3 is 6.09 Å². The lowest BCUT2D eigenvalue weighted by atomic mass is 10.1. The van der Waals surface area contributed by atoms with Gasteiger partial charge in [-0.2, -0.15) is 0 Å². The molecule has 0 aromatic heterocycles. The molecule has 1 fully saturated rings. The number of hydrogen-bond acceptors (Lipinski definition) is 2. The van der Waals surface area contributed by atoms with Gasteiger partial charge < -0.3 is 15.1 Å². The van der Waals surface area contributed by atoms with Crippen LogP contribution in [0.15, 0.2) is 0 Å². The molecular formula is C6H10FNO3. The molecule has 64 valence electrons. The molecule has 0 spiro atoms. The number of halogens is 1. The molecule has 5 heteroatoms. The Labute approximate surface area is 63.2 Å². The Morgan fingerprint density at radius 2 is 2.27 bits per heavy atom. The maximum absolute atomic E-state index is 12.6. The Hall–Kier alpha value is -0.840. The van der Waals surface area contributed by atoms with Crippen molar-refractivity contribution in [2.75, 3.05) is 13.1 Å². The zero-order valence-corrected chi connectivity index (χ0v) is 5.90. The average molecular weight is 163 g/mol. The van der Waals surface area contributed by atoms with E-state index in [0.717, 1.165) is 4.90 Å². The van der Waals surface area contributed by atoms with Crippen molar-refractivity contribution in [3.63, 3.8) is 0 Å². The minimum Gasteiger partial charge on any atom is -0.465 e. The molecule has 0 bridgehead atoms. The first-order valence-electron chi connectivity index (χ1n) is 3.41. The molecule has 1 amide bonds. The maximum atomic E-state index is 12.6. The molecule has 0 aliphatic carbocycles. The van der Waals surface area contributed by atoms with Crippen LogP contribution in [0.25, 0.3) is 0 Å². The molecule has 0 aromatic rings. The lowest BCUT2D eigenvalue weighted by molar-refractivity contribution is 0.0106. The van der Waals surface area contributed by atoms with Gasteiger partial charge in [-0.3, -0.25) is 0 Å². The number of alkyl halides is 1. The standard InChI is InChI=1S/C6H10FNO3/c7-4-3-8(6(10)11)2-1-5(4)9/h4-5,9H,1-3H2,(H,10,11)/t4-,5-/m1/s1. The predicted octanol–water partition coefficient (Wildman–Crippen LogP) is 0.0691. The van der Waals surface area contributed by atoms with Crippen molar-refractivity contribution in [1.29, 1.82) is 0 Å². The second kappa shape index (κ2) is 3.04. The second-order valence-electron chi connectivity index (χ2n) is 2.60. The Balaban J connectivity index is 2.46. The first-order valence-corrected chi connectivity index (χ1v) is 3.41. The monoisotopic (exact) mass is 163 g/mol. The number of amides is 1. The number of aliphatic hydroxyl groups is 1. The van der Waals surface area contributed by atoms with Gasteiger partial charge in [-0.15, -0.1) is 0 Å². The normalized spacial score (nSPS) is 32.0. The summed E-state index contributed by atoms with van der Waals surface area (Å²) in [5.41, 5.74) is 0. The van der Waals surface area contributed by atoms with Crippen LogP contribution < -0.4 is 0 Å². The van der Waals surface area contributed by atoms with Crippen LogP contribution in [0, 0.1) is 0 Å². The number of aliphatic hydroxyl groups excluding tert-OH is 1. The van der Waals surface area contributed by atoms with Gasteiger partial charge in [0.05, 0.1) is 12.6 Å². The van der Waals surface area contributed by atoms with Crippen molar-refractivity contribution in [3.05, 3.63) is 0 Å². The van der Waals surface area contributed by atoms with Crippen LogP contribution in [0.4, 0.5) is 9.18 Å². The molecule has 1 aliphatic heterocycles. The van der Waals surface area contributed by atoms with E-state index in [1.807, 2.05) is 0 Å². The van der Waals surface area contributed by atoms with Gasteiger partial charge in [0.2, 0.25) is 0 Å². The lowest BCUT2D eigenvalue weighted by Gasteiger charge is -2.29. The summed E-state index contributed by atoms with van der Waals surface area (Å²) in [5.74, 6) is 0. The largest absolute Gasteiger partial charge is 0.465 e. The summed E-state index contributed by atoms with van der Waals surface area (Å²) >= 11 is 0. The van der Waals surface area contributed by atoms with E-state index in [1.54, 1.807) is 0 Å². The summed E-state index contributed by atoms with van der Waals surface area (Å²) in [7, 11) is 0. The zero-order valence-electron chi connectivity index (χ0n) is 5.90. The Morgan fingerprint density at radius 3 is 2.73 bits per heavy atom. The number of carboxylic acid groups (broad SMARTS) is 1. The van der Waals surface area contributed by atoms with E-state index in [9.17, 15) is 9.18 Å².